The number of ether oxygens (including phenoxy) is 1. The van der Waals surface area contributed by atoms with Gasteiger partial charge in [-0.05, 0) is 30.7 Å². The number of rotatable bonds is 4. The highest BCUT2D eigenvalue weighted by Crippen LogP contribution is 2.34. The third kappa shape index (κ3) is 9.70. The van der Waals surface area contributed by atoms with E-state index >= 15 is 0 Å². The lowest BCUT2D eigenvalue weighted by atomic mass is 9.93. The predicted molar refractivity (Wildman–Crippen MR) is 122 cm³/mol. The number of nitrogens with zero attached hydrogens (tertiary/aromatic N) is 3. The van der Waals surface area contributed by atoms with Gasteiger partial charge in [0, 0.05) is 43.9 Å². The van der Waals surface area contributed by atoms with E-state index in [-0.39, 0.29) is 12.0 Å². The molecule has 0 saturated carbocycles. The maximum Gasteiger partial charge on any atom is 0.490 e. The molecule has 4 heterocycles. The maximum atomic E-state index is 12.7. The SMILES string of the molecule is Cc1ccc(C(=O)N2C[C@@H]3[C@@H](CNc4ccccn4)CO[C@@H]3C2)nc1.O=C(O)C(F)(F)F.O=C(O)C(F)(F)F. The van der Waals surface area contributed by atoms with Gasteiger partial charge in [0.05, 0.1) is 12.7 Å². The van der Waals surface area contributed by atoms with E-state index in [9.17, 15) is 31.1 Å². The standard InChI is InChI=1S/C19H22N4O2.2C2HF3O2/c1-13-5-6-16(21-8-13)19(24)23-10-15-14(12-25-17(15)11-23)9-22-18-4-2-3-7-20-18;2*3-2(4,5)1(6)7/h2-8,14-15,17H,9-12H2,1H3,(H,20,22);2*(H,6,7)/t14-,15+,17+;;/m0../s1. The fraction of sp³-hybridized carbons (Fsp3) is 0.435. The van der Waals surface area contributed by atoms with Crippen molar-refractivity contribution in [3.8, 4) is 0 Å². The summed E-state index contributed by atoms with van der Waals surface area (Å²) in [7, 11) is 0. The molecule has 0 bridgehead atoms. The van der Waals surface area contributed by atoms with E-state index < -0.39 is 24.3 Å². The maximum absolute atomic E-state index is 12.7. The average Bonchev–Trinajstić information content (AvgIpc) is 3.44. The van der Waals surface area contributed by atoms with Gasteiger partial charge in [0.25, 0.3) is 5.91 Å². The molecule has 214 valence electrons. The molecular weight excluding hydrogens is 542 g/mol. The summed E-state index contributed by atoms with van der Waals surface area (Å²) in [5.74, 6) is -3.89. The predicted octanol–water partition coefficient (Wildman–Crippen LogP) is 3.25. The molecule has 2 aromatic rings. The van der Waals surface area contributed by atoms with E-state index in [1.165, 1.54) is 0 Å². The molecule has 1 amide bonds. The normalized spacial score (nSPS) is 20.1. The van der Waals surface area contributed by atoms with Gasteiger partial charge in [-0.2, -0.15) is 26.3 Å². The molecule has 2 aliphatic heterocycles. The second-order valence-electron chi connectivity index (χ2n) is 8.43. The molecule has 0 aromatic carbocycles. The van der Waals surface area contributed by atoms with Gasteiger partial charge in [0.15, 0.2) is 0 Å². The molecule has 3 N–H and O–H groups in total. The van der Waals surface area contributed by atoms with Crippen LogP contribution in [0.4, 0.5) is 32.2 Å². The first-order valence-corrected chi connectivity index (χ1v) is 11.2. The number of carbonyl (C=O) groups excluding carboxylic acids is 1. The number of likely N-dealkylation sites (tertiary alicyclic amines) is 1. The van der Waals surface area contributed by atoms with Crippen LogP contribution in [-0.4, -0.2) is 87.6 Å². The molecule has 0 aliphatic carbocycles. The molecule has 2 aromatic heterocycles. The molecule has 0 unspecified atom stereocenters. The molecule has 16 heteroatoms. The number of alkyl halides is 6. The highest BCUT2D eigenvalue weighted by Gasteiger charge is 2.45. The van der Waals surface area contributed by atoms with Crippen molar-refractivity contribution in [1.29, 1.82) is 0 Å². The number of carboxylic acid groups (broad SMARTS) is 2. The summed E-state index contributed by atoms with van der Waals surface area (Å²) in [5, 5.41) is 17.6. The molecule has 0 radical (unpaired) electrons. The van der Waals surface area contributed by atoms with Gasteiger partial charge in [0.2, 0.25) is 0 Å². The summed E-state index contributed by atoms with van der Waals surface area (Å²) in [6.45, 7) is 4.89. The smallest absolute Gasteiger partial charge is 0.475 e. The molecule has 3 atom stereocenters. The number of anilines is 1. The topological polar surface area (TPSA) is 142 Å². The Balaban J connectivity index is 0.000000317. The van der Waals surface area contributed by atoms with Gasteiger partial charge in [0.1, 0.15) is 11.5 Å². The number of nitrogens with one attached hydrogen (secondary N) is 1. The third-order valence-electron chi connectivity index (χ3n) is 5.55. The van der Waals surface area contributed by atoms with Crippen LogP contribution in [0, 0.1) is 18.8 Å². The summed E-state index contributed by atoms with van der Waals surface area (Å²) < 4.78 is 69.4. The first kappa shape index (κ1) is 31.3. The van der Waals surface area contributed by atoms with Gasteiger partial charge in [-0.3, -0.25) is 9.78 Å². The largest absolute Gasteiger partial charge is 0.490 e. The van der Waals surface area contributed by atoms with E-state index in [0.717, 1.165) is 31.1 Å². The van der Waals surface area contributed by atoms with Gasteiger partial charge in [-0.15, -0.1) is 0 Å². The Morgan fingerprint density at radius 2 is 1.62 bits per heavy atom. The second kappa shape index (κ2) is 13.2. The summed E-state index contributed by atoms with van der Waals surface area (Å²) >= 11 is 0. The van der Waals surface area contributed by atoms with Crippen molar-refractivity contribution >= 4 is 23.7 Å². The Kier molecular flexibility index (Phi) is 10.6. The number of carbonyl (C=O) groups is 3. The van der Waals surface area contributed by atoms with Crippen molar-refractivity contribution in [3.63, 3.8) is 0 Å². The number of halogens is 6. The van der Waals surface area contributed by atoms with Crippen molar-refractivity contribution in [3.05, 3.63) is 54.0 Å². The number of carboxylic acids is 2. The number of aliphatic carboxylic acids is 2. The summed E-state index contributed by atoms with van der Waals surface area (Å²) in [4.78, 5) is 40.9. The first-order chi connectivity index (χ1) is 18.1. The number of amides is 1. The Morgan fingerprint density at radius 3 is 2.10 bits per heavy atom. The lowest BCUT2D eigenvalue weighted by Crippen LogP contribution is -2.32. The fourth-order valence-corrected chi connectivity index (χ4v) is 3.63. The summed E-state index contributed by atoms with van der Waals surface area (Å²) in [6, 6.07) is 9.55. The van der Waals surface area contributed by atoms with Gasteiger partial charge < -0.3 is 25.2 Å². The van der Waals surface area contributed by atoms with E-state index in [1.54, 1.807) is 18.5 Å². The van der Waals surface area contributed by atoms with Crippen molar-refractivity contribution < 1.29 is 55.7 Å². The van der Waals surface area contributed by atoms with E-state index in [1.807, 2.05) is 36.1 Å². The van der Waals surface area contributed by atoms with Gasteiger partial charge >= 0.3 is 24.3 Å². The van der Waals surface area contributed by atoms with Crippen LogP contribution in [0.1, 0.15) is 16.1 Å². The Morgan fingerprint density at radius 1 is 1.00 bits per heavy atom. The van der Waals surface area contributed by atoms with Gasteiger partial charge in [-0.25, -0.2) is 14.6 Å². The number of hydrogen-bond acceptors (Lipinski definition) is 7. The lowest BCUT2D eigenvalue weighted by Gasteiger charge is -2.20. The number of aromatic nitrogens is 2. The molecular formula is C23H24F6N4O6. The highest BCUT2D eigenvalue weighted by atomic mass is 19.4. The average molecular weight is 566 g/mol. The van der Waals surface area contributed by atoms with Crippen LogP contribution in [0.15, 0.2) is 42.7 Å². The lowest BCUT2D eigenvalue weighted by molar-refractivity contribution is -0.193. The summed E-state index contributed by atoms with van der Waals surface area (Å²) in [5.41, 5.74) is 1.56. The zero-order valence-corrected chi connectivity index (χ0v) is 20.2. The summed E-state index contributed by atoms with van der Waals surface area (Å²) in [6.07, 6.45) is -6.52. The number of pyridine rings is 2. The molecule has 2 saturated heterocycles. The highest BCUT2D eigenvalue weighted by molar-refractivity contribution is 5.92. The van der Waals surface area contributed by atoms with Crippen LogP contribution in [0.25, 0.3) is 0 Å². The first-order valence-electron chi connectivity index (χ1n) is 11.2. The van der Waals surface area contributed by atoms with Crippen molar-refractivity contribution in [1.82, 2.24) is 14.9 Å². The van der Waals surface area contributed by atoms with Crippen LogP contribution in [0.3, 0.4) is 0 Å². The number of hydrogen-bond donors (Lipinski definition) is 3. The van der Waals surface area contributed by atoms with Crippen molar-refractivity contribution in [2.24, 2.45) is 11.8 Å². The quantitative estimate of drug-likeness (QED) is 0.476. The minimum Gasteiger partial charge on any atom is -0.475 e. The van der Waals surface area contributed by atoms with Crippen LogP contribution < -0.4 is 5.32 Å². The monoisotopic (exact) mass is 566 g/mol. The van der Waals surface area contributed by atoms with Crippen LogP contribution in [0.2, 0.25) is 0 Å². The number of fused-ring (bicyclic) bond motifs is 1. The minimum atomic E-state index is -5.08. The zero-order chi connectivity index (χ0) is 29.4. The van der Waals surface area contributed by atoms with Gasteiger partial charge in [-0.1, -0.05) is 12.1 Å². The van der Waals surface area contributed by atoms with Crippen LogP contribution in [0.5, 0.6) is 0 Å². The molecule has 0 spiro atoms. The van der Waals surface area contributed by atoms with Crippen LogP contribution in [-0.2, 0) is 14.3 Å². The Bertz CT molecular complexity index is 1090. The Hall–Kier alpha value is -3.95. The number of aryl methyl sites for hydroxylation is 1. The second-order valence-corrected chi connectivity index (χ2v) is 8.43. The Labute approximate surface area is 217 Å². The molecule has 4 rings (SSSR count). The van der Waals surface area contributed by atoms with Crippen LogP contribution >= 0.6 is 0 Å². The fourth-order valence-electron chi connectivity index (χ4n) is 3.63. The van der Waals surface area contributed by atoms with Crippen molar-refractivity contribution in [2.45, 2.75) is 25.4 Å². The van der Waals surface area contributed by atoms with E-state index in [4.69, 9.17) is 24.5 Å². The molecule has 2 fully saturated rings. The molecule has 10 nitrogen and oxygen atoms in total. The molecule has 39 heavy (non-hydrogen) atoms. The van der Waals surface area contributed by atoms with E-state index in [0.29, 0.717) is 24.1 Å². The molecule has 2 aliphatic rings. The minimum absolute atomic E-state index is 0.00515. The third-order valence-corrected chi connectivity index (χ3v) is 5.55. The van der Waals surface area contributed by atoms with Crippen molar-refractivity contribution in [2.75, 3.05) is 31.6 Å². The van der Waals surface area contributed by atoms with E-state index in [2.05, 4.69) is 15.3 Å². The zero-order valence-electron chi connectivity index (χ0n) is 20.2.